The largest absolute Gasteiger partial charge is 0.383 e. The molecule has 0 aromatic heterocycles. The van der Waals surface area contributed by atoms with E-state index in [1.807, 2.05) is 6.92 Å². The molecular weight excluding hydrogens is 150 g/mol. The van der Waals surface area contributed by atoms with Gasteiger partial charge in [-0.1, -0.05) is 6.92 Å². The summed E-state index contributed by atoms with van der Waals surface area (Å²) < 4.78 is 18.5. The molecule has 62 valence electrons. The van der Waals surface area contributed by atoms with Crippen LogP contribution >= 0.6 is 0 Å². The fourth-order valence-corrected chi connectivity index (χ4v) is 1.34. The summed E-state index contributed by atoms with van der Waals surface area (Å²) in [4.78, 5) is 0. The second-order valence-electron chi connectivity index (χ2n) is 1.94. The Hall–Kier alpha value is 0.0700. The Bertz CT molecular complexity index is 97.7. The molecule has 0 radical (unpaired) electrons. The van der Waals surface area contributed by atoms with Crippen molar-refractivity contribution in [2.24, 2.45) is 0 Å². The van der Waals surface area contributed by atoms with Gasteiger partial charge in [-0.15, -0.1) is 0 Å². The van der Waals surface area contributed by atoms with Gasteiger partial charge >= 0.3 is 0 Å². The molecule has 0 spiro atoms. The smallest absolute Gasteiger partial charge is 0.0915 e. The molecule has 0 fully saturated rings. The molecule has 0 aromatic carbocycles. The minimum Gasteiger partial charge on any atom is -0.383 e. The van der Waals surface area contributed by atoms with Crippen LogP contribution in [0.3, 0.4) is 0 Å². The lowest BCUT2D eigenvalue weighted by Crippen LogP contribution is -2.23. The topological polar surface area (TPSA) is 38.3 Å². The molecule has 1 atom stereocenters. The lowest BCUT2D eigenvalue weighted by atomic mass is 10.6. The maximum Gasteiger partial charge on any atom is 0.0915 e. The minimum absolute atomic E-state index is 0.620. The fraction of sp³-hybridized carbons (Fsp3) is 1.00. The fourth-order valence-electron chi connectivity index (χ4n) is 0.515. The lowest BCUT2D eigenvalue weighted by Gasteiger charge is -2.00. The van der Waals surface area contributed by atoms with E-state index in [-0.39, 0.29) is 0 Å². The van der Waals surface area contributed by atoms with E-state index in [0.29, 0.717) is 13.2 Å². The highest BCUT2D eigenvalue weighted by Gasteiger charge is 1.93. The average molecular weight is 165 g/mol. The number of nitrogens with one attached hydrogen (secondary N) is 1. The van der Waals surface area contributed by atoms with Crippen molar-refractivity contribution in [1.29, 1.82) is 0 Å². The van der Waals surface area contributed by atoms with Crippen molar-refractivity contribution in [1.82, 2.24) is 4.72 Å². The molecule has 0 saturated carbocycles. The standard InChI is InChI=1S/C6H15NO2S/c1-3-6-10(8)7-4-5-9-2/h7H,3-6H2,1-2H3. The van der Waals surface area contributed by atoms with Crippen molar-refractivity contribution in [3.05, 3.63) is 0 Å². The average Bonchev–Trinajstić information content (AvgIpc) is 1.89. The molecule has 0 saturated heterocycles. The third-order valence-corrected chi connectivity index (χ3v) is 2.26. The van der Waals surface area contributed by atoms with Crippen LogP contribution in [0.1, 0.15) is 13.3 Å². The van der Waals surface area contributed by atoms with Crippen molar-refractivity contribution in [3.63, 3.8) is 0 Å². The Morgan fingerprint density at radius 2 is 2.30 bits per heavy atom. The van der Waals surface area contributed by atoms with E-state index in [1.165, 1.54) is 0 Å². The number of hydrogen-bond acceptors (Lipinski definition) is 2. The lowest BCUT2D eigenvalue weighted by molar-refractivity contribution is 0.205. The molecular formula is C6H15NO2S. The summed E-state index contributed by atoms with van der Waals surface area (Å²) in [5.41, 5.74) is 0. The molecule has 0 amide bonds. The van der Waals surface area contributed by atoms with Gasteiger partial charge in [-0.05, 0) is 6.42 Å². The summed E-state index contributed by atoms with van der Waals surface area (Å²) in [5, 5.41) is 0. The normalized spacial score (nSPS) is 13.4. The Morgan fingerprint density at radius 1 is 1.60 bits per heavy atom. The van der Waals surface area contributed by atoms with E-state index in [1.54, 1.807) is 7.11 Å². The van der Waals surface area contributed by atoms with Gasteiger partial charge in [-0.2, -0.15) is 0 Å². The third-order valence-electron chi connectivity index (χ3n) is 0.959. The Kier molecular flexibility index (Phi) is 7.23. The molecule has 0 aliphatic carbocycles. The van der Waals surface area contributed by atoms with Gasteiger partial charge in [0.15, 0.2) is 0 Å². The van der Waals surface area contributed by atoms with Crippen LogP contribution in [-0.2, 0) is 15.7 Å². The molecule has 0 aromatic rings. The van der Waals surface area contributed by atoms with E-state index in [0.717, 1.165) is 12.2 Å². The Morgan fingerprint density at radius 3 is 2.80 bits per heavy atom. The summed E-state index contributed by atoms with van der Waals surface area (Å²) >= 11 is 0. The molecule has 0 heterocycles. The molecule has 3 nitrogen and oxygen atoms in total. The van der Waals surface area contributed by atoms with Gasteiger partial charge < -0.3 is 4.74 Å². The molecule has 0 rings (SSSR count). The number of rotatable bonds is 6. The first-order valence-electron chi connectivity index (χ1n) is 3.42. The molecule has 4 heteroatoms. The van der Waals surface area contributed by atoms with E-state index < -0.39 is 11.0 Å². The summed E-state index contributed by atoms with van der Waals surface area (Å²) in [6.45, 7) is 3.30. The third kappa shape index (κ3) is 6.19. The monoisotopic (exact) mass is 165 g/mol. The van der Waals surface area contributed by atoms with E-state index in [2.05, 4.69) is 4.72 Å². The van der Waals surface area contributed by atoms with Gasteiger partial charge in [-0.25, -0.2) is 8.93 Å². The van der Waals surface area contributed by atoms with Crippen molar-refractivity contribution < 1.29 is 8.95 Å². The van der Waals surface area contributed by atoms with Crippen LogP contribution < -0.4 is 4.72 Å². The molecule has 10 heavy (non-hydrogen) atoms. The molecule has 0 bridgehead atoms. The molecule has 1 N–H and O–H groups in total. The summed E-state index contributed by atoms with van der Waals surface area (Å²) in [5.74, 6) is 0.726. The van der Waals surface area contributed by atoms with Gasteiger partial charge in [0.05, 0.1) is 17.6 Å². The summed E-state index contributed by atoms with van der Waals surface area (Å²) in [7, 11) is 0.778. The van der Waals surface area contributed by atoms with Crippen molar-refractivity contribution in [3.8, 4) is 0 Å². The quantitative estimate of drug-likeness (QED) is 0.575. The Labute approximate surface area is 64.7 Å². The van der Waals surface area contributed by atoms with Gasteiger partial charge in [0.25, 0.3) is 0 Å². The first-order valence-corrected chi connectivity index (χ1v) is 4.74. The zero-order valence-electron chi connectivity index (χ0n) is 6.55. The predicted molar refractivity (Wildman–Crippen MR) is 43.2 cm³/mol. The highest BCUT2D eigenvalue weighted by Crippen LogP contribution is 1.80. The first kappa shape index (κ1) is 10.1. The zero-order chi connectivity index (χ0) is 7.82. The SMILES string of the molecule is CCCS(=O)NCCOC. The van der Waals surface area contributed by atoms with Crippen molar-refractivity contribution in [2.75, 3.05) is 26.0 Å². The minimum atomic E-state index is -0.852. The first-order chi connectivity index (χ1) is 4.81. The van der Waals surface area contributed by atoms with E-state index >= 15 is 0 Å². The van der Waals surface area contributed by atoms with Crippen molar-refractivity contribution in [2.45, 2.75) is 13.3 Å². The van der Waals surface area contributed by atoms with Crippen LogP contribution in [0.5, 0.6) is 0 Å². The Balaban J connectivity index is 3.05. The van der Waals surface area contributed by atoms with Gasteiger partial charge in [0.2, 0.25) is 0 Å². The second kappa shape index (κ2) is 7.18. The number of hydrogen-bond donors (Lipinski definition) is 1. The summed E-state index contributed by atoms with van der Waals surface area (Å²) in [6.07, 6.45) is 0.951. The highest BCUT2D eigenvalue weighted by atomic mass is 32.2. The van der Waals surface area contributed by atoms with Crippen LogP contribution in [0.2, 0.25) is 0 Å². The van der Waals surface area contributed by atoms with Crippen LogP contribution in [0.25, 0.3) is 0 Å². The van der Waals surface area contributed by atoms with Crippen LogP contribution in [0.4, 0.5) is 0 Å². The molecule has 0 aliphatic heterocycles. The molecule has 0 aliphatic rings. The maximum absolute atomic E-state index is 10.9. The van der Waals surface area contributed by atoms with Crippen LogP contribution in [0, 0.1) is 0 Å². The highest BCUT2D eigenvalue weighted by molar-refractivity contribution is 7.82. The van der Waals surface area contributed by atoms with E-state index in [4.69, 9.17) is 4.74 Å². The van der Waals surface area contributed by atoms with Crippen LogP contribution in [-0.4, -0.2) is 30.2 Å². The maximum atomic E-state index is 10.9. The van der Waals surface area contributed by atoms with Gasteiger partial charge in [-0.3, -0.25) is 0 Å². The second-order valence-corrected chi connectivity index (χ2v) is 3.32. The molecule has 1 unspecified atom stereocenters. The summed E-state index contributed by atoms with van der Waals surface area (Å²) in [6, 6.07) is 0. The number of methoxy groups -OCH3 is 1. The zero-order valence-corrected chi connectivity index (χ0v) is 7.37. The number of ether oxygens (including phenoxy) is 1. The van der Waals surface area contributed by atoms with E-state index in [9.17, 15) is 4.21 Å². The van der Waals surface area contributed by atoms with Gasteiger partial charge in [0, 0.05) is 19.4 Å². The predicted octanol–water partition coefficient (Wildman–Crippen LogP) is 0.296. The van der Waals surface area contributed by atoms with Gasteiger partial charge in [0.1, 0.15) is 0 Å². The van der Waals surface area contributed by atoms with Crippen LogP contribution in [0.15, 0.2) is 0 Å². The van der Waals surface area contributed by atoms with Crippen molar-refractivity contribution >= 4 is 11.0 Å².